The minimum Gasteiger partial charge on any atom is -0.496 e. The van der Waals surface area contributed by atoms with Gasteiger partial charge in [0, 0.05) is 18.7 Å². The monoisotopic (exact) mass is 450 g/mol. The van der Waals surface area contributed by atoms with E-state index < -0.39 is 0 Å². The molecule has 1 saturated heterocycles. The second-order valence-electron chi connectivity index (χ2n) is 8.50. The van der Waals surface area contributed by atoms with E-state index in [-0.39, 0.29) is 18.4 Å². The maximum atomic E-state index is 13.7. The lowest BCUT2D eigenvalue weighted by atomic mass is 9.97. The van der Waals surface area contributed by atoms with Gasteiger partial charge < -0.3 is 19.1 Å². The number of hydrogen-bond acceptors (Lipinski definition) is 6. The van der Waals surface area contributed by atoms with Crippen LogP contribution in [0.15, 0.2) is 48.2 Å². The number of carbonyl (C=O) groups excluding carboxylic acids is 2. The number of piperidine rings is 1. The molecule has 7 heteroatoms. The maximum Gasteiger partial charge on any atom is 0.278 e. The second-order valence-corrected chi connectivity index (χ2v) is 8.50. The molecule has 2 heterocycles. The van der Waals surface area contributed by atoms with Gasteiger partial charge in [-0.2, -0.15) is 0 Å². The predicted molar refractivity (Wildman–Crippen MR) is 125 cm³/mol. The summed E-state index contributed by atoms with van der Waals surface area (Å²) in [5.41, 5.74) is 2.30. The molecule has 2 aromatic rings. The molecule has 7 nitrogen and oxygen atoms in total. The Bertz CT molecular complexity index is 1090. The topological polar surface area (TPSA) is 68.3 Å². The largest absolute Gasteiger partial charge is 0.496 e. The van der Waals surface area contributed by atoms with Gasteiger partial charge in [-0.25, -0.2) is 0 Å². The highest BCUT2D eigenvalue weighted by Crippen LogP contribution is 2.38. The Balaban J connectivity index is 1.75. The van der Waals surface area contributed by atoms with E-state index in [0.717, 1.165) is 31.5 Å². The first-order valence-corrected chi connectivity index (χ1v) is 11.2. The van der Waals surface area contributed by atoms with Crippen LogP contribution in [-0.2, 0) is 16.1 Å². The van der Waals surface area contributed by atoms with Gasteiger partial charge in [-0.3, -0.25) is 14.5 Å². The number of benzene rings is 2. The number of ether oxygens (including phenoxy) is 3. The van der Waals surface area contributed by atoms with Gasteiger partial charge in [0.1, 0.15) is 11.4 Å². The highest BCUT2D eigenvalue weighted by atomic mass is 16.5. The molecule has 2 aromatic carbocycles. The standard InChI is InChI=1S/C26H30N2O5/c1-17-8-7-13-27(15-17)24-23(19-9-5-6-10-20(19)31-2)25(29)28(26(24)30)16-18-11-12-21(32-3)22(14-18)33-4/h5-6,9-12,14,17H,7-8,13,15-16H2,1-4H3. The van der Waals surface area contributed by atoms with Crippen molar-refractivity contribution in [1.29, 1.82) is 0 Å². The van der Waals surface area contributed by atoms with Crippen LogP contribution >= 0.6 is 0 Å². The van der Waals surface area contributed by atoms with Crippen LogP contribution < -0.4 is 14.2 Å². The molecule has 2 aliphatic rings. The molecule has 0 bridgehead atoms. The highest BCUT2D eigenvalue weighted by Gasteiger charge is 2.43. The fourth-order valence-corrected chi connectivity index (χ4v) is 4.65. The molecular weight excluding hydrogens is 420 g/mol. The maximum absolute atomic E-state index is 13.7. The fourth-order valence-electron chi connectivity index (χ4n) is 4.65. The molecule has 0 aromatic heterocycles. The predicted octanol–water partition coefficient (Wildman–Crippen LogP) is 3.72. The SMILES string of the molecule is COc1ccc(CN2C(=O)C(c3ccccc3OC)=C(N3CCCC(C)C3)C2=O)cc1OC. The van der Waals surface area contributed by atoms with Gasteiger partial charge in [-0.1, -0.05) is 31.2 Å². The number of imide groups is 1. The van der Waals surface area contributed by atoms with Crippen LogP contribution in [0.3, 0.4) is 0 Å². The Morgan fingerprint density at radius 3 is 2.33 bits per heavy atom. The Hall–Kier alpha value is -3.48. The van der Waals surface area contributed by atoms with Crippen LogP contribution in [0.5, 0.6) is 17.2 Å². The van der Waals surface area contributed by atoms with E-state index >= 15 is 0 Å². The highest BCUT2D eigenvalue weighted by molar-refractivity contribution is 6.35. The summed E-state index contributed by atoms with van der Waals surface area (Å²) < 4.78 is 16.2. The van der Waals surface area contributed by atoms with Gasteiger partial charge in [0.2, 0.25) is 0 Å². The Morgan fingerprint density at radius 1 is 0.909 bits per heavy atom. The number of likely N-dealkylation sites (tertiary alicyclic amines) is 1. The molecule has 0 spiro atoms. The first-order chi connectivity index (χ1) is 16.0. The fraction of sp³-hybridized carbons (Fsp3) is 0.385. The van der Waals surface area contributed by atoms with Crippen molar-refractivity contribution in [3.8, 4) is 17.2 Å². The van der Waals surface area contributed by atoms with Crippen LogP contribution in [0.25, 0.3) is 5.57 Å². The van der Waals surface area contributed by atoms with Crippen molar-refractivity contribution in [2.75, 3.05) is 34.4 Å². The molecule has 2 amide bonds. The zero-order valence-electron chi connectivity index (χ0n) is 19.6. The zero-order chi connectivity index (χ0) is 23.5. The van der Waals surface area contributed by atoms with Crippen LogP contribution in [0.4, 0.5) is 0 Å². The summed E-state index contributed by atoms with van der Waals surface area (Å²) >= 11 is 0. The van der Waals surface area contributed by atoms with E-state index in [2.05, 4.69) is 11.8 Å². The average molecular weight is 451 g/mol. The first-order valence-electron chi connectivity index (χ1n) is 11.2. The Morgan fingerprint density at radius 2 is 1.64 bits per heavy atom. The number of amides is 2. The summed E-state index contributed by atoms with van der Waals surface area (Å²) in [7, 11) is 4.70. The van der Waals surface area contributed by atoms with Crippen LogP contribution in [0.1, 0.15) is 30.9 Å². The third-order valence-corrected chi connectivity index (χ3v) is 6.28. The molecule has 2 aliphatic heterocycles. The van der Waals surface area contributed by atoms with E-state index in [1.54, 1.807) is 33.5 Å². The summed E-state index contributed by atoms with van der Waals surface area (Å²) in [6.45, 7) is 3.82. The molecular formula is C26H30N2O5. The second kappa shape index (κ2) is 9.57. The molecule has 0 aliphatic carbocycles. The van der Waals surface area contributed by atoms with E-state index in [9.17, 15) is 9.59 Å². The number of carbonyl (C=O) groups is 2. The first kappa shape index (κ1) is 22.7. The number of nitrogens with zero attached hydrogens (tertiary/aromatic N) is 2. The molecule has 174 valence electrons. The number of rotatable bonds is 7. The van der Waals surface area contributed by atoms with Gasteiger partial charge >= 0.3 is 0 Å². The van der Waals surface area contributed by atoms with Crippen molar-refractivity contribution >= 4 is 17.4 Å². The van der Waals surface area contributed by atoms with Crippen molar-refractivity contribution in [3.05, 3.63) is 59.3 Å². The number of hydrogen-bond donors (Lipinski definition) is 0. The van der Waals surface area contributed by atoms with Crippen LogP contribution in [0.2, 0.25) is 0 Å². The van der Waals surface area contributed by atoms with Gasteiger partial charge in [0.25, 0.3) is 11.8 Å². The van der Waals surface area contributed by atoms with Gasteiger partial charge in [0.15, 0.2) is 11.5 Å². The molecule has 1 unspecified atom stereocenters. The van der Waals surface area contributed by atoms with Crippen molar-refractivity contribution in [2.24, 2.45) is 5.92 Å². The Labute approximate surface area is 194 Å². The van der Waals surface area contributed by atoms with E-state index in [1.165, 1.54) is 4.90 Å². The molecule has 1 fully saturated rings. The van der Waals surface area contributed by atoms with E-state index in [0.29, 0.717) is 40.0 Å². The number of methoxy groups -OCH3 is 3. The smallest absolute Gasteiger partial charge is 0.278 e. The summed E-state index contributed by atoms with van der Waals surface area (Å²) in [4.78, 5) is 30.8. The molecule has 0 N–H and O–H groups in total. The van der Waals surface area contributed by atoms with Gasteiger partial charge in [0.05, 0.1) is 33.4 Å². The minimum atomic E-state index is -0.312. The van der Waals surface area contributed by atoms with E-state index in [4.69, 9.17) is 14.2 Å². The lowest BCUT2D eigenvalue weighted by molar-refractivity contribution is -0.138. The molecule has 1 atom stereocenters. The summed E-state index contributed by atoms with van der Waals surface area (Å²) in [6, 6.07) is 12.8. The van der Waals surface area contributed by atoms with Crippen molar-refractivity contribution in [1.82, 2.24) is 9.80 Å². The van der Waals surface area contributed by atoms with Crippen molar-refractivity contribution in [3.63, 3.8) is 0 Å². The van der Waals surface area contributed by atoms with Crippen LogP contribution in [0, 0.1) is 5.92 Å². The average Bonchev–Trinajstić information content (AvgIpc) is 3.08. The number of para-hydroxylation sites is 1. The summed E-state index contributed by atoms with van der Waals surface area (Å²) in [5.74, 6) is 1.59. The summed E-state index contributed by atoms with van der Waals surface area (Å²) in [6.07, 6.45) is 2.10. The van der Waals surface area contributed by atoms with Crippen molar-refractivity contribution in [2.45, 2.75) is 26.3 Å². The molecule has 33 heavy (non-hydrogen) atoms. The molecule has 4 rings (SSSR count). The normalized spacial score (nSPS) is 18.7. The zero-order valence-corrected chi connectivity index (χ0v) is 19.6. The lowest BCUT2D eigenvalue weighted by Gasteiger charge is -2.33. The molecule has 0 saturated carbocycles. The van der Waals surface area contributed by atoms with Gasteiger partial charge in [-0.15, -0.1) is 0 Å². The van der Waals surface area contributed by atoms with Crippen molar-refractivity contribution < 1.29 is 23.8 Å². The minimum absolute atomic E-state index is 0.142. The van der Waals surface area contributed by atoms with Gasteiger partial charge in [-0.05, 0) is 42.5 Å². The van der Waals surface area contributed by atoms with Crippen LogP contribution in [-0.4, -0.2) is 56.0 Å². The Kier molecular flexibility index (Phi) is 6.58. The molecule has 0 radical (unpaired) electrons. The lowest BCUT2D eigenvalue weighted by Crippen LogP contribution is -2.39. The quantitative estimate of drug-likeness (QED) is 0.599. The third-order valence-electron chi connectivity index (χ3n) is 6.28. The third kappa shape index (κ3) is 4.27. The summed E-state index contributed by atoms with van der Waals surface area (Å²) in [5, 5.41) is 0. The van der Waals surface area contributed by atoms with E-state index in [1.807, 2.05) is 30.3 Å².